The maximum absolute atomic E-state index is 5.79. The quantitative estimate of drug-likeness (QED) is 0.735. The summed E-state index contributed by atoms with van der Waals surface area (Å²) in [4.78, 5) is 2.32. The topological polar surface area (TPSA) is 3.24 Å². The van der Waals surface area contributed by atoms with E-state index >= 15 is 0 Å². The van der Waals surface area contributed by atoms with Crippen molar-refractivity contribution < 1.29 is 0 Å². The Balaban J connectivity index is 0.000000845. The SMILES string of the molecule is CN(c1ccc(Cl)cc1)C1CC1.Cl. The molecule has 0 aromatic heterocycles. The highest BCUT2D eigenvalue weighted by Crippen LogP contribution is 2.30. The van der Waals surface area contributed by atoms with Crippen molar-refractivity contribution in [2.24, 2.45) is 0 Å². The van der Waals surface area contributed by atoms with Gasteiger partial charge in [-0.15, -0.1) is 12.4 Å². The van der Waals surface area contributed by atoms with Crippen LogP contribution in [0.4, 0.5) is 5.69 Å². The average molecular weight is 218 g/mol. The monoisotopic (exact) mass is 217 g/mol. The minimum absolute atomic E-state index is 0. The zero-order valence-electron chi connectivity index (χ0n) is 7.53. The Labute approximate surface area is 90.1 Å². The van der Waals surface area contributed by atoms with E-state index in [0.717, 1.165) is 11.1 Å². The maximum Gasteiger partial charge on any atom is 0.0407 e. The van der Waals surface area contributed by atoms with Crippen molar-refractivity contribution in [2.45, 2.75) is 18.9 Å². The number of benzene rings is 1. The molecule has 1 aliphatic rings. The van der Waals surface area contributed by atoms with Crippen LogP contribution in [0.5, 0.6) is 0 Å². The fourth-order valence-electron chi connectivity index (χ4n) is 1.35. The molecule has 1 nitrogen and oxygen atoms in total. The molecule has 0 heterocycles. The molecule has 1 aromatic carbocycles. The molecule has 13 heavy (non-hydrogen) atoms. The van der Waals surface area contributed by atoms with E-state index < -0.39 is 0 Å². The first-order chi connectivity index (χ1) is 5.77. The minimum atomic E-state index is 0. The van der Waals surface area contributed by atoms with E-state index in [0.29, 0.717) is 0 Å². The van der Waals surface area contributed by atoms with Gasteiger partial charge in [-0.25, -0.2) is 0 Å². The van der Waals surface area contributed by atoms with Crippen LogP contribution in [0.25, 0.3) is 0 Å². The summed E-state index contributed by atoms with van der Waals surface area (Å²) in [5.41, 5.74) is 1.27. The molecule has 1 aliphatic carbocycles. The van der Waals surface area contributed by atoms with Crippen LogP contribution in [0.2, 0.25) is 5.02 Å². The first kappa shape index (κ1) is 10.7. The summed E-state index contributed by atoms with van der Waals surface area (Å²) < 4.78 is 0. The largest absolute Gasteiger partial charge is 0.372 e. The van der Waals surface area contributed by atoms with Gasteiger partial charge in [-0.3, -0.25) is 0 Å². The van der Waals surface area contributed by atoms with Crippen LogP contribution in [0, 0.1) is 0 Å². The molecule has 72 valence electrons. The summed E-state index contributed by atoms with van der Waals surface area (Å²) in [6, 6.07) is 8.79. The van der Waals surface area contributed by atoms with Crippen molar-refractivity contribution >= 4 is 29.7 Å². The molecular weight excluding hydrogens is 205 g/mol. The molecule has 0 amide bonds. The van der Waals surface area contributed by atoms with Crippen LogP contribution >= 0.6 is 24.0 Å². The molecule has 0 bridgehead atoms. The third-order valence-electron chi connectivity index (χ3n) is 2.33. The summed E-state index contributed by atoms with van der Waals surface area (Å²) in [5, 5.41) is 0.808. The van der Waals surface area contributed by atoms with Crippen molar-refractivity contribution in [3.63, 3.8) is 0 Å². The fourth-order valence-corrected chi connectivity index (χ4v) is 1.47. The highest BCUT2D eigenvalue weighted by atomic mass is 35.5. The predicted octanol–water partition coefficient (Wildman–Crippen LogP) is 3.36. The average Bonchev–Trinajstić information content (AvgIpc) is 2.87. The smallest absolute Gasteiger partial charge is 0.0407 e. The van der Waals surface area contributed by atoms with Gasteiger partial charge in [0.05, 0.1) is 0 Å². The van der Waals surface area contributed by atoms with Gasteiger partial charge in [-0.05, 0) is 37.1 Å². The van der Waals surface area contributed by atoms with Gasteiger partial charge in [0, 0.05) is 23.8 Å². The standard InChI is InChI=1S/C10H12ClN.ClH/c1-12(10-6-7-10)9-4-2-8(11)3-5-9;/h2-5,10H,6-7H2,1H3;1H. The van der Waals surface area contributed by atoms with Crippen LogP contribution < -0.4 is 4.90 Å². The molecule has 3 heteroatoms. The van der Waals surface area contributed by atoms with Gasteiger partial charge >= 0.3 is 0 Å². The third-order valence-corrected chi connectivity index (χ3v) is 2.58. The summed E-state index contributed by atoms with van der Waals surface area (Å²) in [6.45, 7) is 0. The van der Waals surface area contributed by atoms with Crippen molar-refractivity contribution in [1.82, 2.24) is 0 Å². The van der Waals surface area contributed by atoms with Crippen molar-refractivity contribution in [3.8, 4) is 0 Å². The number of nitrogens with zero attached hydrogens (tertiary/aromatic N) is 1. The number of halogens is 2. The van der Waals surface area contributed by atoms with Gasteiger partial charge in [0.2, 0.25) is 0 Å². The van der Waals surface area contributed by atoms with Crippen LogP contribution in [-0.2, 0) is 0 Å². The van der Waals surface area contributed by atoms with Gasteiger partial charge in [0.15, 0.2) is 0 Å². The first-order valence-electron chi connectivity index (χ1n) is 4.26. The van der Waals surface area contributed by atoms with E-state index in [-0.39, 0.29) is 12.4 Å². The Bertz CT molecular complexity index is 267. The Morgan fingerprint density at radius 1 is 1.23 bits per heavy atom. The zero-order valence-corrected chi connectivity index (χ0v) is 9.11. The molecular formula is C10H13Cl2N. The highest BCUT2D eigenvalue weighted by molar-refractivity contribution is 6.30. The van der Waals surface area contributed by atoms with E-state index in [1.165, 1.54) is 18.5 Å². The van der Waals surface area contributed by atoms with E-state index in [1.807, 2.05) is 12.1 Å². The van der Waals surface area contributed by atoms with Gasteiger partial charge < -0.3 is 4.90 Å². The van der Waals surface area contributed by atoms with Crippen molar-refractivity contribution in [1.29, 1.82) is 0 Å². The van der Waals surface area contributed by atoms with Crippen molar-refractivity contribution in [2.75, 3.05) is 11.9 Å². The molecule has 0 atom stereocenters. The summed E-state index contributed by atoms with van der Waals surface area (Å²) in [6.07, 6.45) is 2.66. The van der Waals surface area contributed by atoms with Crippen molar-refractivity contribution in [3.05, 3.63) is 29.3 Å². The lowest BCUT2D eigenvalue weighted by atomic mass is 10.3. The number of rotatable bonds is 2. The Hall–Kier alpha value is -0.400. The first-order valence-corrected chi connectivity index (χ1v) is 4.63. The minimum Gasteiger partial charge on any atom is -0.372 e. The van der Waals surface area contributed by atoms with Crippen LogP contribution in [0.15, 0.2) is 24.3 Å². The van der Waals surface area contributed by atoms with E-state index in [2.05, 4.69) is 24.1 Å². The van der Waals surface area contributed by atoms with Gasteiger partial charge in [0.25, 0.3) is 0 Å². The second kappa shape index (κ2) is 4.21. The molecule has 2 rings (SSSR count). The van der Waals surface area contributed by atoms with Crippen LogP contribution in [0.3, 0.4) is 0 Å². The molecule has 1 fully saturated rings. The molecule has 0 spiro atoms. The molecule has 1 aromatic rings. The molecule has 0 aliphatic heterocycles. The van der Waals surface area contributed by atoms with Gasteiger partial charge in [0.1, 0.15) is 0 Å². The number of anilines is 1. The molecule has 0 unspecified atom stereocenters. The lowest BCUT2D eigenvalue weighted by Crippen LogP contribution is -2.18. The van der Waals surface area contributed by atoms with E-state index in [9.17, 15) is 0 Å². The Morgan fingerprint density at radius 3 is 2.23 bits per heavy atom. The van der Waals surface area contributed by atoms with E-state index in [1.54, 1.807) is 0 Å². The Morgan fingerprint density at radius 2 is 1.77 bits per heavy atom. The van der Waals surface area contributed by atoms with Crippen LogP contribution in [-0.4, -0.2) is 13.1 Å². The normalized spacial score (nSPS) is 14.9. The van der Waals surface area contributed by atoms with Gasteiger partial charge in [-0.2, -0.15) is 0 Å². The number of hydrogen-bond acceptors (Lipinski definition) is 1. The lowest BCUT2D eigenvalue weighted by Gasteiger charge is -2.18. The highest BCUT2D eigenvalue weighted by Gasteiger charge is 2.26. The molecule has 1 saturated carbocycles. The zero-order chi connectivity index (χ0) is 8.55. The summed E-state index contributed by atoms with van der Waals surface area (Å²) >= 11 is 5.79. The second-order valence-corrected chi connectivity index (χ2v) is 3.75. The Kier molecular flexibility index (Phi) is 3.46. The number of hydrogen-bond donors (Lipinski definition) is 0. The van der Waals surface area contributed by atoms with Crippen LogP contribution in [0.1, 0.15) is 12.8 Å². The van der Waals surface area contributed by atoms with E-state index in [4.69, 9.17) is 11.6 Å². The summed E-state index contributed by atoms with van der Waals surface area (Å²) in [5.74, 6) is 0. The molecule has 0 saturated heterocycles. The maximum atomic E-state index is 5.79. The van der Waals surface area contributed by atoms with Gasteiger partial charge in [-0.1, -0.05) is 11.6 Å². The molecule has 0 N–H and O–H groups in total. The summed E-state index contributed by atoms with van der Waals surface area (Å²) in [7, 11) is 2.14. The predicted molar refractivity (Wildman–Crippen MR) is 60.1 cm³/mol. The fraction of sp³-hybridized carbons (Fsp3) is 0.400. The lowest BCUT2D eigenvalue weighted by molar-refractivity contribution is 0.917. The molecule has 0 radical (unpaired) electrons. The third kappa shape index (κ3) is 2.52. The second-order valence-electron chi connectivity index (χ2n) is 3.32.